The van der Waals surface area contributed by atoms with Crippen LogP contribution in [0, 0.1) is 0 Å². The first kappa shape index (κ1) is 20.9. The van der Waals surface area contributed by atoms with E-state index in [9.17, 15) is 18.6 Å². The number of H-pyrrole nitrogens is 1. The molecule has 0 saturated heterocycles. The lowest BCUT2D eigenvalue weighted by molar-refractivity contribution is 0.459. The molecule has 3 rings (SSSR count). The fourth-order valence-corrected chi connectivity index (χ4v) is 3.67. The number of sulfonamides is 1. The smallest absolute Gasteiger partial charge is 0.231 e. The molecule has 29 heavy (non-hydrogen) atoms. The van der Waals surface area contributed by atoms with Crippen molar-refractivity contribution in [2.75, 3.05) is 17.6 Å². The molecule has 0 fully saturated rings. The molecule has 0 unspecified atom stereocenters. The lowest BCUT2D eigenvalue weighted by Gasteiger charge is -2.16. The number of halogens is 1. The highest BCUT2D eigenvalue weighted by atomic mass is 35.5. The van der Waals surface area contributed by atoms with Crippen molar-refractivity contribution in [2.24, 2.45) is 10.2 Å². The van der Waals surface area contributed by atoms with Gasteiger partial charge in [-0.2, -0.15) is 5.11 Å². The van der Waals surface area contributed by atoms with Crippen LogP contribution in [0.25, 0.3) is 10.9 Å². The molecule has 0 radical (unpaired) electrons. The Labute approximate surface area is 173 Å². The Balaban J connectivity index is 1.99. The van der Waals surface area contributed by atoms with Crippen molar-refractivity contribution < 1.29 is 18.6 Å². The minimum Gasteiger partial charge on any atom is -0.506 e. The molecule has 0 aliphatic rings. The average Bonchev–Trinajstić information content (AvgIpc) is 2.97. The Bertz CT molecular complexity index is 1200. The van der Waals surface area contributed by atoms with Gasteiger partial charge in [-0.15, -0.1) is 5.11 Å². The van der Waals surface area contributed by atoms with Crippen LogP contribution in [0.15, 0.2) is 40.6 Å². The standard InChI is InChI=1S/C19H21ClN4O4S/c1-10(2)13-9-14-15(16(20)18(13)25)17(19(26)21-14)23-22-11-5-7-12(8-6-11)24(3)29(4,27)28/h5-10,21,25-26H,1-4H3. The summed E-state index contributed by atoms with van der Waals surface area (Å²) >= 11 is 6.33. The zero-order valence-corrected chi connectivity index (χ0v) is 17.9. The zero-order valence-electron chi connectivity index (χ0n) is 16.3. The summed E-state index contributed by atoms with van der Waals surface area (Å²) in [6.45, 7) is 3.84. The Morgan fingerprint density at radius 3 is 2.31 bits per heavy atom. The molecule has 2 aromatic carbocycles. The number of anilines is 1. The number of rotatable bonds is 5. The highest BCUT2D eigenvalue weighted by Gasteiger charge is 2.20. The van der Waals surface area contributed by atoms with Crippen LogP contribution in [0.2, 0.25) is 5.02 Å². The Kier molecular flexibility index (Phi) is 5.46. The number of hydrogen-bond donors (Lipinski definition) is 3. The third kappa shape index (κ3) is 4.01. The maximum absolute atomic E-state index is 11.6. The summed E-state index contributed by atoms with van der Waals surface area (Å²) in [6, 6.07) is 8.11. The monoisotopic (exact) mass is 436 g/mol. The summed E-state index contributed by atoms with van der Waals surface area (Å²) in [5.41, 5.74) is 2.22. The van der Waals surface area contributed by atoms with Gasteiger partial charge >= 0.3 is 0 Å². The summed E-state index contributed by atoms with van der Waals surface area (Å²) in [5, 5.41) is 29.2. The molecular weight excluding hydrogens is 416 g/mol. The third-order valence-corrected chi connectivity index (χ3v) is 6.16. The Morgan fingerprint density at radius 1 is 1.14 bits per heavy atom. The summed E-state index contributed by atoms with van der Waals surface area (Å²) in [4.78, 5) is 2.80. The van der Waals surface area contributed by atoms with Crippen LogP contribution in [0.1, 0.15) is 25.3 Å². The van der Waals surface area contributed by atoms with Gasteiger partial charge in [-0.3, -0.25) is 4.31 Å². The molecule has 1 heterocycles. The van der Waals surface area contributed by atoms with Gasteiger partial charge in [0.05, 0.1) is 33.6 Å². The number of fused-ring (bicyclic) bond motifs is 1. The molecule has 1 aromatic heterocycles. The second kappa shape index (κ2) is 7.57. The summed E-state index contributed by atoms with van der Waals surface area (Å²) in [6.07, 6.45) is 1.12. The molecule has 3 N–H and O–H groups in total. The van der Waals surface area contributed by atoms with Crippen LogP contribution >= 0.6 is 11.6 Å². The molecule has 0 atom stereocenters. The Morgan fingerprint density at radius 2 is 1.76 bits per heavy atom. The quantitative estimate of drug-likeness (QED) is 0.478. The number of aromatic hydroxyl groups is 2. The molecule has 0 spiro atoms. The van der Waals surface area contributed by atoms with E-state index < -0.39 is 10.0 Å². The Hall–Kier alpha value is -2.78. The molecule has 10 heteroatoms. The predicted octanol–water partition coefficient (Wildman–Crippen LogP) is 5.17. The summed E-state index contributed by atoms with van der Waals surface area (Å²) in [5.74, 6) is -0.242. The SMILES string of the molecule is CC(C)c1cc2[nH]c(O)c(N=Nc3ccc(N(C)S(C)(=O)=O)cc3)c2c(Cl)c1O. The first-order chi connectivity index (χ1) is 13.5. The van der Waals surface area contributed by atoms with E-state index >= 15 is 0 Å². The van der Waals surface area contributed by atoms with Gasteiger partial charge in [-0.1, -0.05) is 25.4 Å². The van der Waals surface area contributed by atoms with Crippen LogP contribution < -0.4 is 4.31 Å². The van der Waals surface area contributed by atoms with Crippen molar-refractivity contribution in [1.29, 1.82) is 0 Å². The lowest BCUT2D eigenvalue weighted by Crippen LogP contribution is -2.24. The molecular formula is C19H21ClN4O4S. The van der Waals surface area contributed by atoms with Crippen molar-refractivity contribution in [1.82, 2.24) is 4.98 Å². The number of aromatic amines is 1. The van der Waals surface area contributed by atoms with Gasteiger partial charge in [-0.25, -0.2) is 8.42 Å². The van der Waals surface area contributed by atoms with E-state index in [0.29, 0.717) is 27.8 Å². The number of azo groups is 1. The summed E-state index contributed by atoms with van der Waals surface area (Å²) in [7, 11) is -1.91. The number of benzene rings is 2. The van der Waals surface area contributed by atoms with Crippen LogP contribution in [-0.4, -0.2) is 36.9 Å². The van der Waals surface area contributed by atoms with Gasteiger partial charge in [0.1, 0.15) is 5.75 Å². The van der Waals surface area contributed by atoms with Crippen molar-refractivity contribution in [2.45, 2.75) is 19.8 Å². The molecule has 0 aliphatic heterocycles. The molecule has 0 amide bonds. The number of nitrogens with one attached hydrogen (secondary N) is 1. The van der Waals surface area contributed by atoms with Crippen LogP contribution in [0.3, 0.4) is 0 Å². The van der Waals surface area contributed by atoms with E-state index in [1.54, 1.807) is 30.3 Å². The minimum atomic E-state index is -3.36. The molecule has 0 saturated carbocycles. The van der Waals surface area contributed by atoms with E-state index in [1.807, 2.05) is 13.8 Å². The maximum atomic E-state index is 11.6. The largest absolute Gasteiger partial charge is 0.506 e. The van der Waals surface area contributed by atoms with Gasteiger partial charge in [0.25, 0.3) is 0 Å². The average molecular weight is 437 g/mol. The molecule has 8 nitrogen and oxygen atoms in total. The van der Waals surface area contributed by atoms with Crippen molar-refractivity contribution in [3.63, 3.8) is 0 Å². The van der Waals surface area contributed by atoms with E-state index in [2.05, 4.69) is 15.2 Å². The summed E-state index contributed by atoms with van der Waals surface area (Å²) < 4.78 is 24.4. The van der Waals surface area contributed by atoms with Crippen molar-refractivity contribution >= 4 is 49.6 Å². The maximum Gasteiger partial charge on any atom is 0.231 e. The number of phenolic OH excluding ortho intramolecular Hbond substituents is 1. The van der Waals surface area contributed by atoms with Gasteiger partial charge in [-0.05, 0) is 36.2 Å². The number of nitrogens with zero attached hydrogens (tertiary/aromatic N) is 3. The van der Waals surface area contributed by atoms with Crippen LogP contribution in [-0.2, 0) is 10.0 Å². The fourth-order valence-electron chi connectivity index (χ4n) is 2.86. The first-order valence-corrected chi connectivity index (χ1v) is 10.9. The predicted molar refractivity (Wildman–Crippen MR) is 115 cm³/mol. The third-order valence-electron chi connectivity index (χ3n) is 4.58. The van der Waals surface area contributed by atoms with Crippen molar-refractivity contribution in [3.8, 4) is 11.6 Å². The first-order valence-electron chi connectivity index (χ1n) is 8.72. The normalized spacial score (nSPS) is 12.3. The van der Waals surface area contributed by atoms with Gasteiger partial charge in [0.15, 0.2) is 5.69 Å². The number of aromatic nitrogens is 1. The zero-order chi connectivity index (χ0) is 21.5. The molecule has 0 bridgehead atoms. The molecule has 154 valence electrons. The topological polar surface area (TPSA) is 118 Å². The second-order valence-electron chi connectivity index (χ2n) is 6.97. The molecule has 3 aromatic rings. The highest BCUT2D eigenvalue weighted by Crippen LogP contribution is 2.46. The van der Waals surface area contributed by atoms with Gasteiger partial charge in [0.2, 0.25) is 15.9 Å². The van der Waals surface area contributed by atoms with E-state index in [-0.39, 0.29) is 28.3 Å². The number of phenols is 1. The van der Waals surface area contributed by atoms with Gasteiger partial charge in [0, 0.05) is 12.6 Å². The van der Waals surface area contributed by atoms with E-state index in [4.69, 9.17) is 11.6 Å². The van der Waals surface area contributed by atoms with Crippen molar-refractivity contribution in [3.05, 3.63) is 40.9 Å². The number of hydrogen-bond acceptors (Lipinski definition) is 6. The van der Waals surface area contributed by atoms with Crippen LogP contribution in [0.4, 0.5) is 17.1 Å². The highest BCUT2D eigenvalue weighted by molar-refractivity contribution is 7.92. The van der Waals surface area contributed by atoms with Gasteiger partial charge < -0.3 is 15.2 Å². The molecule has 0 aliphatic carbocycles. The van der Waals surface area contributed by atoms with E-state index in [0.717, 1.165) is 10.6 Å². The second-order valence-corrected chi connectivity index (χ2v) is 9.37. The lowest BCUT2D eigenvalue weighted by atomic mass is 10.0. The van der Waals surface area contributed by atoms with Crippen LogP contribution in [0.5, 0.6) is 11.6 Å². The fraction of sp³-hybridized carbons (Fsp3) is 0.263. The minimum absolute atomic E-state index is 0.0380. The van der Waals surface area contributed by atoms with E-state index in [1.165, 1.54) is 7.05 Å².